The molecule has 0 aliphatic heterocycles. The number of hydrogen-bond acceptors (Lipinski definition) is 3. The van der Waals surface area contributed by atoms with E-state index in [1.807, 2.05) is 38.1 Å². The Balaban J connectivity index is 2.66. The van der Waals surface area contributed by atoms with Crippen molar-refractivity contribution in [3.63, 3.8) is 0 Å². The number of carbonyl (C=O) groups is 1. The highest BCUT2D eigenvalue weighted by molar-refractivity contribution is 6.30. The number of rotatable bonds is 4. The molecule has 1 aromatic rings. The molecular formula is C13H18ClNO2. The lowest BCUT2D eigenvalue weighted by Crippen LogP contribution is -2.38. The zero-order valence-corrected chi connectivity index (χ0v) is 11.1. The Bertz CT molecular complexity index is 385. The number of hydrogen-bond donors (Lipinski definition) is 1. The first-order valence-corrected chi connectivity index (χ1v) is 5.91. The zero-order chi connectivity index (χ0) is 13.1. The monoisotopic (exact) mass is 255 g/mol. The summed E-state index contributed by atoms with van der Waals surface area (Å²) in [4.78, 5) is 11.4. The fourth-order valence-corrected chi connectivity index (χ4v) is 1.62. The summed E-state index contributed by atoms with van der Waals surface area (Å²) in [6, 6.07) is 6.88. The highest BCUT2D eigenvalue weighted by Crippen LogP contribution is 2.19. The Morgan fingerprint density at radius 3 is 2.41 bits per heavy atom. The van der Waals surface area contributed by atoms with Crippen LogP contribution in [0.2, 0.25) is 5.02 Å². The minimum absolute atomic E-state index is 0.385. The summed E-state index contributed by atoms with van der Waals surface area (Å²) in [5.41, 5.74) is 5.96. The molecule has 1 rings (SSSR count). The van der Waals surface area contributed by atoms with Crippen LogP contribution in [0.25, 0.3) is 0 Å². The van der Waals surface area contributed by atoms with Gasteiger partial charge in [-0.1, -0.05) is 23.7 Å². The fraction of sp³-hybridized carbons (Fsp3) is 0.462. The first kappa shape index (κ1) is 14.0. The van der Waals surface area contributed by atoms with Crippen molar-refractivity contribution in [2.75, 3.05) is 0 Å². The van der Waals surface area contributed by atoms with Crippen molar-refractivity contribution in [2.45, 2.75) is 38.8 Å². The highest BCUT2D eigenvalue weighted by Gasteiger charge is 2.24. The van der Waals surface area contributed by atoms with Crippen LogP contribution in [0, 0.1) is 0 Å². The average molecular weight is 256 g/mol. The van der Waals surface area contributed by atoms with Crippen molar-refractivity contribution in [2.24, 2.45) is 5.73 Å². The SMILES string of the molecule is C[C@@H](N)C(=O)OC(C)(C)Cc1ccc(Cl)cc1. The Morgan fingerprint density at radius 2 is 1.94 bits per heavy atom. The highest BCUT2D eigenvalue weighted by atomic mass is 35.5. The second kappa shape index (κ2) is 5.52. The third kappa shape index (κ3) is 4.75. The van der Waals surface area contributed by atoms with Crippen LogP contribution in [0.15, 0.2) is 24.3 Å². The summed E-state index contributed by atoms with van der Waals surface area (Å²) in [5, 5.41) is 0.694. The van der Waals surface area contributed by atoms with E-state index < -0.39 is 11.6 Å². The molecule has 3 nitrogen and oxygen atoms in total. The first-order chi connectivity index (χ1) is 7.80. The zero-order valence-electron chi connectivity index (χ0n) is 10.4. The van der Waals surface area contributed by atoms with Crippen molar-refractivity contribution in [3.05, 3.63) is 34.9 Å². The summed E-state index contributed by atoms with van der Waals surface area (Å²) >= 11 is 5.81. The maximum Gasteiger partial charge on any atom is 0.323 e. The molecule has 0 aromatic heterocycles. The minimum atomic E-state index is -0.598. The van der Waals surface area contributed by atoms with Gasteiger partial charge in [0.15, 0.2) is 0 Å². The number of benzene rings is 1. The molecule has 0 fully saturated rings. The van der Waals surface area contributed by atoms with Crippen molar-refractivity contribution in [1.29, 1.82) is 0 Å². The maximum absolute atomic E-state index is 11.4. The van der Waals surface area contributed by atoms with Gasteiger partial charge in [0.05, 0.1) is 0 Å². The molecule has 17 heavy (non-hydrogen) atoms. The fourth-order valence-electron chi connectivity index (χ4n) is 1.50. The largest absolute Gasteiger partial charge is 0.458 e. The van der Waals surface area contributed by atoms with Gasteiger partial charge in [-0.15, -0.1) is 0 Å². The lowest BCUT2D eigenvalue weighted by Gasteiger charge is -2.26. The molecule has 0 saturated carbocycles. The van der Waals surface area contributed by atoms with Crippen LogP contribution in [0.3, 0.4) is 0 Å². The van der Waals surface area contributed by atoms with Gasteiger partial charge in [0.2, 0.25) is 0 Å². The Labute approximate surface area is 107 Å². The van der Waals surface area contributed by atoms with Crippen LogP contribution < -0.4 is 5.73 Å². The number of nitrogens with two attached hydrogens (primary N) is 1. The molecule has 1 atom stereocenters. The molecule has 2 N–H and O–H groups in total. The smallest absolute Gasteiger partial charge is 0.323 e. The normalized spacial score (nSPS) is 13.2. The van der Waals surface area contributed by atoms with Gasteiger partial charge in [0.25, 0.3) is 0 Å². The Morgan fingerprint density at radius 1 is 1.41 bits per heavy atom. The van der Waals surface area contributed by atoms with Gasteiger partial charge in [-0.05, 0) is 38.5 Å². The molecule has 4 heteroatoms. The molecule has 0 unspecified atom stereocenters. The quantitative estimate of drug-likeness (QED) is 0.842. The van der Waals surface area contributed by atoms with Crippen molar-refractivity contribution in [1.82, 2.24) is 0 Å². The summed E-state index contributed by atoms with van der Waals surface area (Å²) < 4.78 is 5.34. The number of carbonyl (C=O) groups excluding carboxylic acids is 1. The van der Waals surface area contributed by atoms with Crippen LogP contribution in [-0.2, 0) is 16.0 Å². The lowest BCUT2D eigenvalue weighted by atomic mass is 9.98. The molecule has 94 valence electrons. The summed E-state index contributed by atoms with van der Waals surface area (Å²) in [5.74, 6) is -0.385. The number of ether oxygens (including phenoxy) is 1. The Hall–Kier alpha value is -1.06. The van der Waals surface area contributed by atoms with Crippen molar-refractivity contribution >= 4 is 17.6 Å². The minimum Gasteiger partial charge on any atom is -0.458 e. The molecule has 0 aliphatic rings. The maximum atomic E-state index is 11.4. The third-order valence-corrected chi connectivity index (χ3v) is 2.54. The molecule has 0 saturated heterocycles. The molecule has 0 spiro atoms. The standard InChI is InChI=1S/C13H18ClNO2/c1-9(15)12(16)17-13(2,3)8-10-4-6-11(14)7-5-10/h4-7,9H,8,15H2,1-3H3/t9-/m1/s1. The van der Waals surface area contributed by atoms with E-state index in [9.17, 15) is 4.79 Å². The molecule has 0 bridgehead atoms. The van der Waals surface area contributed by atoms with Crippen molar-refractivity contribution < 1.29 is 9.53 Å². The summed E-state index contributed by atoms with van der Waals surface area (Å²) in [6.07, 6.45) is 0.628. The van der Waals surface area contributed by atoms with Crippen LogP contribution in [0.4, 0.5) is 0 Å². The van der Waals surface area contributed by atoms with E-state index >= 15 is 0 Å². The molecule has 0 heterocycles. The third-order valence-electron chi connectivity index (χ3n) is 2.29. The summed E-state index contributed by atoms with van der Waals surface area (Å²) in [6.45, 7) is 5.34. The van der Waals surface area contributed by atoms with Crippen LogP contribution in [0.1, 0.15) is 26.3 Å². The number of esters is 1. The van der Waals surface area contributed by atoms with E-state index in [1.165, 1.54) is 0 Å². The van der Waals surface area contributed by atoms with Gasteiger partial charge in [-0.2, -0.15) is 0 Å². The van der Waals surface area contributed by atoms with E-state index in [1.54, 1.807) is 6.92 Å². The molecule has 0 amide bonds. The van der Waals surface area contributed by atoms with Gasteiger partial charge >= 0.3 is 5.97 Å². The van der Waals surface area contributed by atoms with E-state index in [0.717, 1.165) is 5.56 Å². The molecule has 0 aliphatic carbocycles. The van der Waals surface area contributed by atoms with E-state index in [4.69, 9.17) is 22.1 Å². The molecular weight excluding hydrogens is 238 g/mol. The lowest BCUT2D eigenvalue weighted by molar-refractivity contribution is -0.157. The van der Waals surface area contributed by atoms with Gasteiger partial charge in [-0.25, -0.2) is 0 Å². The van der Waals surface area contributed by atoms with E-state index in [2.05, 4.69) is 0 Å². The van der Waals surface area contributed by atoms with Crippen LogP contribution >= 0.6 is 11.6 Å². The summed E-state index contributed by atoms with van der Waals surface area (Å²) in [7, 11) is 0. The first-order valence-electron chi connectivity index (χ1n) is 5.53. The average Bonchev–Trinajstić information content (AvgIpc) is 2.20. The predicted octanol–water partition coefficient (Wildman–Crippen LogP) is 2.55. The topological polar surface area (TPSA) is 52.3 Å². The van der Waals surface area contributed by atoms with Crippen LogP contribution in [-0.4, -0.2) is 17.6 Å². The van der Waals surface area contributed by atoms with Gasteiger partial charge in [-0.3, -0.25) is 4.79 Å². The van der Waals surface area contributed by atoms with E-state index in [-0.39, 0.29) is 5.97 Å². The molecule has 1 aromatic carbocycles. The van der Waals surface area contributed by atoms with Crippen molar-refractivity contribution in [3.8, 4) is 0 Å². The van der Waals surface area contributed by atoms with Gasteiger partial charge in [0, 0.05) is 11.4 Å². The second-order valence-corrected chi connectivity index (χ2v) is 5.21. The van der Waals surface area contributed by atoms with E-state index in [0.29, 0.717) is 11.4 Å². The molecule has 0 radical (unpaired) electrons. The number of halogens is 1. The second-order valence-electron chi connectivity index (χ2n) is 4.77. The Kier molecular flexibility index (Phi) is 4.54. The predicted molar refractivity (Wildman–Crippen MR) is 69.0 cm³/mol. The van der Waals surface area contributed by atoms with Crippen LogP contribution in [0.5, 0.6) is 0 Å². The van der Waals surface area contributed by atoms with Gasteiger partial charge in [0.1, 0.15) is 11.6 Å². The van der Waals surface area contributed by atoms with Gasteiger partial charge < -0.3 is 10.5 Å².